The Hall–Kier alpha value is -7.59. The van der Waals surface area contributed by atoms with Gasteiger partial charge in [-0.25, -0.2) is 9.97 Å². The van der Waals surface area contributed by atoms with Crippen LogP contribution in [0.5, 0.6) is 0 Å². The van der Waals surface area contributed by atoms with Crippen molar-refractivity contribution in [3.8, 4) is 67.3 Å². The molecule has 4 aliphatic rings. The Balaban J connectivity index is 1.13. The number of benzene rings is 9. The van der Waals surface area contributed by atoms with Crippen LogP contribution in [0.3, 0.4) is 0 Å². The summed E-state index contributed by atoms with van der Waals surface area (Å²) >= 11 is 1.91. The van der Waals surface area contributed by atoms with Crippen molar-refractivity contribution in [1.82, 2.24) is 9.97 Å². The molecular weight excluding hydrogens is 793 g/mol. The molecule has 0 unspecified atom stereocenters. The summed E-state index contributed by atoms with van der Waals surface area (Å²) in [5, 5.41) is 0. The number of hydrogen-bond acceptors (Lipinski definition) is 3. The van der Waals surface area contributed by atoms with Crippen molar-refractivity contribution in [2.75, 3.05) is 0 Å². The minimum Gasteiger partial charge on any atom is -0.228 e. The first-order chi connectivity index (χ1) is 31.7. The van der Waals surface area contributed by atoms with Crippen LogP contribution in [-0.4, -0.2) is 9.97 Å². The van der Waals surface area contributed by atoms with Gasteiger partial charge in [0.15, 0.2) is 5.82 Å². The molecule has 64 heavy (non-hydrogen) atoms. The highest BCUT2D eigenvalue weighted by Gasteiger charge is 2.59. The zero-order chi connectivity index (χ0) is 42.0. The van der Waals surface area contributed by atoms with E-state index in [1.54, 1.807) is 0 Å². The molecule has 2 spiro atoms. The summed E-state index contributed by atoms with van der Waals surface area (Å²) < 4.78 is 0. The Labute approximate surface area is 377 Å². The SMILES string of the molecule is c1ccc(-c2cc(-c3ccc4c(c3)-c3ccccc3SC4)nc(-c3cccc4c3C3(c5ccccc5-c5ccccc53)c3ccccc3C43c4ccccc4-c4ccccc43)n2)cc1. The number of aromatic nitrogens is 2. The van der Waals surface area contributed by atoms with Crippen LogP contribution in [-0.2, 0) is 16.6 Å². The van der Waals surface area contributed by atoms with E-state index in [1.165, 1.54) is 88.3 Å². The van der Waals surface area contributed by atoms with Gasteiger partial charge >= 0.3 is 0 Å². The fraction of sp³-hybridized carbons (Fsp3) is 0.0492. The van der Waals surface area contributed by atoms with Gasteiger partial charge in [-0.1, -0.05) is 200 Å². The lowest BCUT2D eigenvalue weighted by Crippen LogP contribution is -2.44. The number of rotatable bonds is 3. The van der Waals surface area contributed by atoms with Crippen molar-refractivity contribution in [2.24, 2.45) is 0 Å². The summed E-state index contributed by atoms with van der Waals surface area (Å²) in [4.78, 5) is 12.7. The largest absolute Gasteiger partial charge is 0.228 e. The highest BCUT2D eigenvalue weighted by molar-refractivity contribution is 7.98. The lowest BCUT2D eigenvalue weighted by molar-refractivity contribution is 0.634. The minimum absolute atomic E-state index is 0.601. The monoisotopic (exact) mass is 830 g/mol. The molecule has 298 valence electrons. The van der Waals surface area contributed by atoms with Gasteiger partial charge in [-0.15, -0.1) is 11.8 Å². The van der Waals surface area contributed by atoms with Gasteiger partial charge in [0, 0.05) is 27.3 Å². The summed E-state index contributed by atoms with van der Waals surface area (Å²) in [5.41, 5.74) is 23.0. The molecule has 3 aliphatic carbocycles. The molecule has 1 aliphatic heterocycles. The average molecular weight is 831 g/mol. The molecular formula is C61H38N2S. The highest BCUT2D eigenvalue weighted by Crippen LogP contribution is 2.68. The minimum atomic E-state index is -0.674. The molecule has 14 rings (SSSR count). The Bertz CT molecular complexity index is 3490. The molecule has 0 amide bonds. The molecule has 0 saturated carbocycles. The van der Waals surface area contributed by atoms with E-state index in [0.717, 1.165) is 39.7 Å². The van der Waals surface area contributed by atoms with Crippen molar-refractivity contribution in [3.05, 3.63) is 268 Å². The van der Waals surface area contributed by atoms with Crippen LogP contribution in [0.15, 0.2) is 223 Å². The van der Waals surface area contributed by atoms with Crippen molar-refractivity contribution in [1.29, 1.82) is 0 Å². The molecule has 0 fully saturated rings. The standard InChI is InChI=1S/C61H38N2S/c1-2-17-38(18-3-1)55-36-56(39-33-34-40-37-64-57-32-15-8-23-45(57)47(40)35-39)63-59(62-55)46-24-16-31-54-58(46)61(50-27-11-6-21-43(50)44-22-7-12-28-51(44)61)53-30-14-13-29-52(53)60(54)48-25-9-4-19-41(48)42-20-5-10-26-49(42)60/h1-36H,37H2. The zero-order valence-corrected chi connectivity index (χ0v) is 35.6. The van der Waals surface area contributed by atoms with E-state index < -0.39 is 10.8 Å². The molecule has 9 aromatic carbocycles. The number of nitrogens with zero attached hydrogens (tertiary/aromatic N) is 2. The number of fused-ring (bicyclic) bond motifs is 19. The van der Waals surface area contributed by atoms with Crippen LogP contribution in [0.4, 0.5) is 0 Å². The maximum absolute atomic E-state index is 5.72. The van der Waals surface area contributed by atoms with Crippen LogP contribution < -0.4 is 0 Å². The van der Waals surface area contributed by atoms with Crippen molar-refractivity contribution in [2.45, 2.75) is 21.5 Å². The third-order valence-corrected chi connectivity index (χ3v) is 15.6. The van der Waals surface area contributed by atoms with Gasteiger partial charge in [-0.2, -0.15) is 0 Å². The Morgan fingerprint density at radius 3 is 1.42 bits per heavy atom. The Morgan fingerprint density at radius 2 is 0.797 bits per heavy atom. The fourth-order valence-corrected chi connectivity index (χ4v) is 13.1. The predicted molar refractivity (Wildman–Crippen MR) is 262 cm³/mol. The molecule has 0 saturated heterocycles. The van der Waals surface area contributed by atoms with Crippen LogP contribution in [0, 0.1) is 0 Å². The summed E-state index contributed by atoms with van der Waals surface area (Å²) in [5.74, 6) is 1.67. The van der Waals surface area contributed by atoms with Crippen molar-refractivity contribution < 1.29 is 0 Å². The average Bonchev–Trinajstić information content (AvgIpc) is 3.84. The molecule has 1 aromatic heterocycles. The quantitative estimate of drug-likeness (QED) is 0.177. The third-order valence-electron chi connectivity index (χ3n) is 14.5. The molecule has 2 nitrogen and oxygen atoms in total. The topological polar surface area (TPSA) is 25.8 Å². The predicted octanol–water partition coefficient (Wildman–Crippen LogP) is 14.8. The third kappa shape index (κ3) is 4.66. The maximum atomic E-state index is 5.72. The summed E-state index contributed by atoms with van der Waals surface area (Å²) in [6.45, 7) is 0. The van der Waals surface area contributed by atoms with E-state index in [9.17, 15) is 0 Å². The lowest BCUT2D eigenvalue weighted by atomic mass is 9.51. The molecule has 10 aromatic rings. The van der Waals surface area contributed by atoms with E-state index in [-0.39, 0.29) is 0 Å². The normalized spacial score (nSPS) is 14.7. The van der Waals surface area contributed by atoms with Gasteiger partial charge in [0.25, 0.3) is 0 Å². The van der Waals surface area contributed by atoms with Gasteiger partial charge in [0.1, 0.15) is 0 Å². The second kappa shape index (κ2) is 13.5. The molecule has 0 N–H and O–H groups in total. The molecule has 3 heteroatoms. The van der Waals surface area contributed by atoms with E-state index in [1.807, 2.05) is 11.8 Å². The molecule has 0 bridgehead atoms. The van der Waals surface area contributed by atoms with Gasteiger partial charge in [0.2, 0.25) is 0 Å². The fourth-order valence-electron chi connectivity index (χ4n) is 12.0. The van der Waals surface area contributed by atoms with E-state index in [2.05, 4.69) is 218 Å². The van der Waals surface area contributed by atoms with Crippen LogP contribution in [0.25, 0.3) is 67.3 Å². The molecule has 0 radical (unpaired) electrons. The summed E-state index contributed by atoms with van der Waals surface area (Å²) in [6, 6.07) is 81.2. The second-order valence-corrected chi connectivity index (χ2v) is 18.5. The first kappa shape index (κ1) is 35.9. The van der Waals surface area contributed by atoms with Crippen molar-refractivity contribution in [3.63, 3.8) is 0 Å². The van der Waals surface area contributed by atoms with Gasteiger partial charge in [-0.05, 0) is 102 Å². The highest BCUT2D eigenvalue weighted by atomic mass is 32.2. The van der Waals surface area contributed by atoms with Gasteiger partial charge in [-0.3, -0.25) is 0 Å². The Kier molecular flexibility index (Phi) is 7.56. The maximum Gasteiger partial charge on any atom is 0.160 e. The zero-order valence-electron chi connectivity index (χ0n) is 34.8. The summed E-state index contributed by atoms with van der Waals surface area (Å²) in [7, 11) is 0. The van der Waals surface area contributed by atoms with Gasteiger partial charge < -0.3 is 0 Å². The molecule has 2 heterocycles. The van der Waals surface area contributed by atoms with Crippen LogP contribution in [0.2, 0.25) is 0 Å². The first-order valence-corrected chi connectivity index (χ1v) is 23.2. The van der Waals surface area contributed by atoms with Crippen LogP contribution >= 0.6 is 11.8 Å². The molecule has 0 atom stereocenters. The van der Waals surface area contributed by atoms with Gasteiger partial charge in [0.05, 0.1) is 22.2 Å². The Morgan fingerprint density at radius 1 is 0.328 bits per heavy atom. The smallest absolute Gasteiger partial charge is 0.160 e. The number of hydrogen-bond donors (Lipinski definition) is 0. The second-order valence-electron chi connectivity index (χ2n) is 17.4. The number of thioether (sulfide) groups is 1. The van der Waals surface area contributed by atoms with E-state index in [4.69, 9.17) is 9.97 Å². The van der Waals surface area contributed by atoms with E-state index in [0.29, 0.717) is 0 Å². The van der Waals surface area contributed by atoms with E-state index >= 15 is 0 Å². The summed E-state index contributed by atoms with van der Waals surface area (Å²) in [6.07, 6.45) is 0. The lowest BCUT2D eigenvalue weighted by Gasteiger charge is -2.49. The van der Waals surface area contributed by atoms with Crippen molar-refractivity contribution >= 4 is 11.8 Å². The van der Waals surface area contributed by atoms with Crippen LogP contribution in [0.1, 0.15) is 50.1 Å². The first-order valence-electron chi connectivity index (χ1n) is 22.2.